The van der Waals surface area contributed by atoms with Crippen molar-refractivity contribution in [3.8, 4) is 34.3 Å². The summed E-state index contributed by atoms with van der Waals surface area (Å²) < 4.78 is 15.1. The molecule has 2 aromatic carbocycles. The lowest BCUT2D eigenvalue weighted by atomic mass is 10.0. The van der Waals surface area contributed by atoms with Crippen LogP contribution in [0, 0.1) is 6.92 Å². The van der Waals surface area contributed by atoms with Gasteiger partial charge in [-0.3, -0.25) is 4.98 Å². The third-order valence-electron chi connectivity index (χ3n) is 7.78. The lowest BCUT2D eigenvalue weighted by molar-refractivity contribution is 0.445. The van der Waals surface area contributed by atoms with Crippen LogP contribution in [0.5, 0.6) is 11.8 Å². The van der Waals surface area contributed by atoms with E-state index < -0.39 is 0 Å². The first-order valence-electron chi connectivity index (χ1n) is 14.2. The van der Waals surface area contributed by atoms with Crippen LogP contribution >= 0.6 is 11.3 Å². The van der Waals surface area contributed by atoms with Crippen LogP contribution < -0.4 is 4.74 Å². The minimum absolute atomic E-state index is 0.266. The van der Waals surface area contributed by atoms with Gasteiger partial charge in [0.25, 0.3) is 0 Å². The second-order valence-corrected chi connectivity index (χ2v) is 12.0. The van der Waals surface area contributed by atoms with E-state index in [1.165, 1.54) is 14.8 Å². The van der Waals surface area contributed by atoms with Gasteiger partial charge in [-0.15, -0.1) is 11.3 Å². The third-order valence-corrected chi connectivity index (χ3v) is 9.00. The highest BCUT2D eigenvalue weighted by Crippen LogP contribution is 2.40. The maximum atomic E-state index is 6.38. The van der Waals surface area contributed by atoms with Gasteiger partial charge in [-0.1, -0.05) is 50.2 Å². The van der Waals surface area contributed by atoms with Crippen molar-refractivity contribution in [3.05, 3.63) is 109 Å². The zero-order chi connectivity index (χ0) is 29.1. The maximum absolute atomic E-state index is 6.38. The second-order valence-electron chi connectivity index (χ2n) is 11.0. The Morgan fingerprint density at radius 2 is 1.53 bits per heavy atom. The van der Waals surface area contributed by atoms with Crippen molar-refractivity contribution in [2.75, 3.05) is 0 Å². The molecule has 0 bridgehead atoms. The topological polar surface area (TPSA) is 73.9 Å². The summed E-state index contributed by atoms with van der Waals surface area (Å²) >= 11 is 1.75. The summed E-state index contributed by atoms with van der Waals surface area (Å²) in [6, 6.07) is 28.6. The van der Waals surface area contributed by atoms with E-state index in [4.69, 9.17) is 19.1 Å². The number of aryl methyl sites for hydroxylation is 1. The highest BCUT2D eigenvalue weighted by atomic mass is 32.1. The summed E-state index contributed by atoms with van der Waals surface area (Å²) in [6.07, 6.45) is 3.77. The molecule has 0 fully saturated rings. The van der Waals surface area contributed by atoms with Crippen LogP contribution in [0.4, 0.5) is 0 Å². The summed E-state index contributed by atoms with van der Waals surface area (Å²) in [4.78, 5) is 18.8. The molecule has 0 aliphatic rings. The predicted molar refractivity (Wildman–Crippen MR) is 174 cm³/mol. The minimum Gasteiger partial charge on any atom is -0.437 e. The van der Waals surface area contributed by atoms with Crippen molar-refractivity contribution in [2.45, 2.75) is 26.7 Å². The smallest absolute Gasteiger partial charge is 0.227 e. The summed E-state index contributed by atoms with van der Waals surface area (Å²) in [6.45, 7) is 6.29. The lowest BCUT2D eigenvalue weighted by Crippen LogP contribution is -1.97. The quantitative estimate of drug-likeness (QED) is 0.202. The number of ether oxygens (including phenoxy) is 1. The maximum Gasteiger partial charge on any atom is 0.227 e. The van der Waals surface area contributed by atoms with Crippen LogP contribution in [0.25, 0.3) is 64.8 Å². The van der Waals surface area contributed by atoms with Crippen LogP contribution in [0.15, 0.2) is 102 Å². The van der Waals surface area contributed by atoms with Crippen LogP contribution in [-0.4, -0.2) is 19.9 Å². The summed E-state index contributed by atoms with van der Waals surface area (Å²) in [5, 5.41) is 4.34. The Balaban J connectivity index is 1.21. The number of pyridine rings is 4. The Bertz CT molecular complexity index is 2340. The summed E-state index contributed by atoms with van der Waals surface area (Å²) in [5.74, 6) is 1.24. The molecule has 0 aliphatic heterocycles. The molecule has 0 aliphatic carbocycles. The predicted octanol–water partition coefficient (Wildman–Crippen LogP) is 10.1. The second kappa shape index (κ2) is 10.00. The van der Waals surface area contributed by atoms with Crippen LogP contribution in [0.3, 0.4) is 0 Å². The van der Waals surface area contributed by atoms with E-state index in [9.17, 15) is 0 Å². The number of benzene rings is 2. The van der Waals surface area contributed by atoms with Crippen molar-refractivity contribution in [1.82, 2.24) is 19.9 Å². The number of furan rings is 1. The zero-order valence-corrected chi connectivity index (χ0v) is 24.6. The van der Waals surface area contributed by atoms with Crippen LogP contribution in [-0.2, 0) is 0 Å². The molecule has 0 N–H and O–H groups in total. The van der Waals surface area contributed by atoms with Crippen molar-refractivity contribution < 1.29 is 9.15 Å². The van der Waals surface area contributed by atoms with Gasteiger partial charge in [0, 0.05) is 72.3 Å². The standard InChI is InChI=1S/C36H26N4O2S/c1-20(2)22-17-30(26-9-4-7-23-25-14-13-21(3)38-36(25)42-34(23)26)40-33(18-22)41-32-12-6-11-29(39-32)27-10-5-8-24-28-19-37-16-15-31(28)43-35(24)27/h4-20H,1-3H3. The molecule has 0 radical (unpaired) electrons. The first kappa shape index (κ1) is 25.6. The molecule has 43 heavy (non-hydrogen) atoms. The van der Waals surface area contributed by atoms with E-state index in [1.807, 2.05) is 61.8 Å². The molecule has 8 rings (SSSR count). The first-order valence-corrected chi connectivity index (χ1v) is 15.1. The Morgan fingerprint density at radius 1 is 0.721 bits per heavy atom. The molecule has 8 aromatic rings. The molecular weight excluding hydrogens is 552 g/mol. The highest BCUT2D eigenvalue weighted by Gasteiger charge is 2.17. The number of hydrogen-bond acceptors (Lipinski definition) is 7. The molecule has 0 unspecified atom stereocenters. The van der Waals surface area contributed by atoms with E-state index in [0.717, 1.165) is 55.5 Å². The fraction of sp³-hybridized carbons (Fsp3) is 0.111. The molecule has 0 saturated heterocycles. The van der Waals surface area contributed by atoms with Gasteiger partial charge in [-0.25, -0.2) is 15.0 Å². The van der Waals surface area contributed by atoms with Crippen molar-refractivity contribution in [3.63, 3.8) is 0 Å². The van der Waals surface area contributed by atoms with Crippen molar-refractivity contribution in [1.29, 1.82) is 0 Å². The van der Waals surface area contributed by atoms with Crippen molar-refractivity contribution in [2.24, 2.45) is 0 Å². The average molecular weight is 579 g/mol. The largest absolute Gasteiger partial charge is 0.437 e. The number of aromatic nitrogens is 4. The van der Waals surface area contributed by atoms with Gasteiger partial charge in [-0.2, -0.15) is 0 Å². The molecule has 6 aromatic heterocycles. The number of thiophene rings is 1. The van der Waals surface area contributed by atoms with E-state index >= 15 is 0 Å². The van der Waals surface area contributed by atoms with E-state index in [-0.39, 0.29) is 5.92 Å². The van der Waals surface area contributed by atoms with Gasteiger partial charge in [0.1, 0.15) is 5.58 Å². The van der Waals surface area contributed by atoms with Gasteiger partial charge < -0.3 is 9.15 Å². The molecule has 0 saturated carbocycles. The fourth-order valence-corrected chi connectivity index (χ4v) is 6.79. The van der Waals surface area contributed by atoms with Crippen molar-refractivity contribution >= 4 is 53.6 Å². The Hall–Kier alpha value is -5.14. The van der Waals surface area contributed by atoms with Gasteiger partial charge in [0.2, 0.25) is 17.5 Å². The molecule has 7 heteroatoms. The van der Waals surface area contributed by atoms with Gasteiger partial charge in [0.05, 0.1) is 11.4 Å². The Labute approximate surface area is 251 Å². The molecule has 0 amide bonds. The number of nitrogens with zero attached hydrogens (tertiary/aromatic N) is 4. The van der Waals surface area contributed by atoms with E-state index in [2.05, 4.69) is 66.3 Å². The molecule has 6 nitrogen and oxygen atoms in total. The molecular formula is C36H26N4O2S. The molecule has 0 spiro atoms. The number of rotatable bonds is 5. The number of hydrogen-bond donors (Lipinski definition) is 0. The van der Waals surface area contributed by atoms with Crippen LogP contribution in [0.1, 0.15) is 31.0 Å². The molecule has 208 valence electrons. The normalized spacial score (nSPS) is 11.8. The molecule has 6 heterocycles. The zero-order valence-electron chi connectivity index (χ0n) is 23.8. The van der Waals surface area contributed by atoms with Gasteiger partial charge in [0.15, 0.2) is 0 Å². The number of fused-ring (bicyclic) bond motifs is 6. The third kappa shape index (κ3) is 4.40. The van der Waals surface area contributed by atoms with Crippen LogP contribution in [0.2, 0.25) is 0 Å². The lowest BCUT2D eigenvalue weighted by Gasteiger charge is -2.13. The first-order chi connectivity index (χ1) is 21.0. The SMILES string of the molecule is Cc1ccc2c(n1)oc1c(-c3cc(C(C)C)cc(Oc4cccc(-c5cccc6c5sc5ccncc56)n4)n3)cccc12. The minimum atomic E-state index is 0.266. The highest BCUT2D eigenvalue weighted by molar-refractivity contribution is 7.26. The Kier molecular flexibility index (Phi) is 5.94. The average Bonchev–Trinajstić information content (AvgIpc) is 3.59. The fourth-order valence-electron chi connectivity index (χ4n) is 5.59. The van der Waals surface area contributed by atoms with Gasteiger partial charge >= 0.3 is 0 Å². The summed E-state index contributed by atoms with van der Waals surface area (Å²) in [5.41, 5.74) is 7.01. The van der Waals surface area contributed by atoms with Gasteiger partial charge in [-0.05, 0) is 54.8 Å². The number of para-hydroxylation sites is 1. The van der Waals surface area contributed by atoms with E-state index in [1.54, 1.807) is 11.3 Å². The summed E-state index contributed by atoms with van der Waals surface area (Å²) in [7, 11) is 0. The molecule has 0 atom stereocenters. The Morgan fingerprint density at radius 3 is 2.42 bits per heavy atom. The monoisotopic (exact) mass is 578 g/mol. The van der Waals surface area contributed by atoms with E-state index in [0.29, 0.717) is 17.5 Å².